The molecule has 0 atom stereocenters. The van der Waals surface area contributed by atoms with Gasteiger partial charge in [0, 0.05) is 32.9 Å². The van der Waals surface area contributed by atoms with Gasteiger partial charge in [0.2, 0.25) is 0 Å². The van der Waals surface area contributed by atoms with Crippen LogP contribution in [0.4, 0.5) is 0 Å². The predicted molar refractivity (Wildman–Crippen MR) is 70.8 cm³/mol. The summed E-state index contributed by atoms with van der Waals surface area (Å²) in [6.07, 6.45) is 0. The van der Waals surface area contributed by atoms with Crippen LogP contribution in [0.15, 0.2) is 24.3 Å². The molecule has 1 aromatic carbocycles. The van der Waals surface area contributed by atoms with Gasteiger partial charge in [0.15, 0.2) is 0 Å². The molecule has 4 heteroatoms. The zero-order chi connectivity index (χ0) is 13.4. The van der Waals surface area contributed by atoms with E-state index in [4.69, 9.17) is 9.47 Å². The van der Waals surface area contributed by atoms with Crippen LogP contribution < -0.4 is 0 Å². The number of hydrogen-bond donors (Lipinski definition) is 0. The summed E-state index contributed by atoms with van der Waals surface area (Å²) in [4.78, 5) is 14.1. The molecule has 4 nitrogen and oxygen atoms in total. The number of nitrogens with zero attached hydrogens (tertiary/aromatic N) is 1. The predicted octanol–water partition coefficient (Wildman–Crippen LogP) is 1.73. The molecule has 18 heavy (non-hydrogen) atoms. The molecule has 1 aromatic rings. The summed E-state index contributed by atoms with van der Waals surface area (Å²) < 4.78 is 10.1. The first-order chi connectivity index (χ1) is 8.69. The molecular weight excluding hydrogens is 230 g/mol. The maximum Gasteiger partial charge on any atom is 0.254 e. The Kier molecular flexibility index (Phi) is 6.39. The Labute approximate surface area is 108 Å². The second-order valence-corrected chi connectivity index (χ2v) is 4.15. The molecule has 0 saturated heterocycles. The molecular formula is C14H21NO3. The summed E-state index contributed by atoms with van der Waals surface area (Å²) >= 11 is 0. The Morgan fingerprint density at radius 2 is 1.78 bits per heavy atom. The summed E-state index contributed by atoms with van der Waals surface area (Å²) in [5.74, 6) is 0.0211. The van der Waals surface area contributed by atoms with Crippen LogP contribution in [0.5, 0.6) is 0 Å². The average Bonchev–Trinajstić information content (AvgIpc) is 2.38. The smallest absolute Gasteiger partial charge is 0.254 e. The van der Waals surface area contributed by atoms with Crippen molar-refractivity contribution >= 4 is 5.91 Å². The van der Waals surface area contributed by atoms with Crippen LogP contribution in [0.25, 0.3) is 0 Å². The molecule has 0 aliphatic heterocycles. The third kappa shape index (κ3) is 4.47. The lowest BCUT2D eigenvalue weighted by Gasteiger charge is -2.22. The van der Waals surface area contributed by atoms with Crippen molar-refractivity contribution in [2.45, 2.75) is 6.92 Å². The SMILES string of the molecule is COCCN(CCOC)C(=O)c1cccc(C)c1. The van der Waals surface area contributed by atoms with Crippen LogP contribution in [0.2, 0.25) is 0 Å². The minimum absolute atomic E-state index is 0.0211. The minimum Gasteiger partial charge on any atom is -0.383 e. The number of benzene rings is 1. The first kappa shape index (κ1) is 14.7. The van der Waals surface area contributed by atoms with E-state index in [0.29, 0.717) is 31.9 Å². The number of amides is 1. The number of hydrogen-bond acceptors (Lipinski definition) is 3. The number of carbonyl (C=O) groups is 1. The van der Waals surface area contributed by atoms with Crippen molar-refractivity contribution in [3.8, 4) is 0 Å². The Morgan fingerprint density at radius 3 is 2.28 bits per heavy atom. The lowest BCUT2D eigenvalue weighted by Crippen LogP contribution is -2.36. The fraction of sp³-hybridized carbons (Fsp3) is 0.500. The van der Waals surface area contributed by atoms with Crippen molar-refractivity contribution in [3.05, 3.63) is 35.4 Å². The van der Waals surface area contributed by atoms with Gasteiger partial charge in [-0.15, -0.1) is 0 Å². The van der Waals surface area contributed by atoms with Crippen molar-refractivity contribution in [2.75, 3.05) is 40.5 Å². The lowest BCUT2D eigenvalue weighted by atomic mass is 10.1. The molecule has 0 bridgehead atoms. The second kappa shape index (κ2) is 7.84. The van der Waals surface area contributed by atoms with Crippen LogP contribution in [0, 0.1) is 6.92 Å². The van der Waals surface area contributed by atoms with E-state index in [1.807, 2.05) is 31.2 Å². The number of rotatable bonds is 7. The zero-order valence-electron chi connectivity index (χ0n) is 11.3. The first-order valence-corrected chi connectivity index (χ1v) is 6.03. The Balaban J connectivity index is 2.73. The van der Waals surface area contributed by atoms with E-state index in [-0.39, 0.29) is 5.91 Å². The topological polar surface area (TPSA) is 38.8 Å². The van der Waals surface area contributed by atoms with E-state index in [1.54, 1.807) is 19.1 Å². The van der Waals surface area contributed by atoms with E-state index in [9.17, 15) is 4.79 Å². The van der Waals surface area contributed by atoms with Crippen LogP contribution in [-0.4, -0.2) is 51.3 Å². The van der Waals surface area contributed by atoms with Gasteiger partial charge in [-0.1, -0.05) is 17.7 Å². The Bertz CT molecular complexity index is 371. The lowest BCUT2D eigenvalue weighted by molar-refractivity contribution is 0.0627. The van der Waals surface area contributed by atoms with Gasteiger partial charge in [-0.2, -0.15) is 0 Å². The van der Waals surface area contributed by atoms with E-state index < -0.39 is 0 Å². The van der Waals surface area contributed by atoms with E-state index in [1.165, 1.54) is 0 Å². The number of ether oxygens (including phenoxy) is 2. The molecule has 100 valence electrons. The molecule has 0 radical (unpaired) electrons. The van der Waals surface area contributed by atoms with Crippen LogP contribution >= 0.6 is 0 Å². The van der Waals surface area contributed by atoms with Crippen molar-refractivity contribution in [3.63, 3.8) is 0 Å². The highest BCUT2D eigenvalue weighted by Gasteiger charge is 2.15. The fourth-order valence-electron chi connectivity index (χ4n) is 1.68. The van der Waals surface area contributed by atoms with Gasteiger partial charge in [0.25, 0.3) is 5.91 Å². The second-order valence-electron chi connectivity index (χ2n) is 4.15. The van der Waals surface area contributed by atoms with Gasteiger partial charge in [-0.25, -0.2) is 0 Å². The number of carbonyl (C=O) groups excluding carboxylic acids is 1. The quantitative estimate of drug-likeness (QED) is 0.741. The molecule has 0 saturated carbocycles. The van der Waals surface area contributed by atoms with Gasteiger partial charge in [0.1, 0.15) is 0 Å². The average molecular weight is 251 g/mol. The Morgan fingerprint density at radius 1 is 1.17 bits per heavy atom. The van der Waals surface area contributed by atoms with E-state index in [2.05, 4.69) is 0 Å². The van der Waals surface area contributed by atoms with Crippen LogP contribution in [0.3, 0.4) is 0 Å². The number of methoxy groups -OCH3 is 2. The van der Waals surface area contributed by atoms with Crippen molar-refractivity contribution < 1.29 is 14.3 Å². The van der Waals surface area contributed by atoms with E-state index >= 15 is 0 Å². The summed E-state index contributed by atoms with van der Waals surface area (Å²) in [7, 11) is 3.26. The van der Waals surface area contributed by atoms with Gasteiger partial charge >= 0.3 is 0 Å². The third-order valence-electron chi connectivity index (χ3n) is 2.68. The largest absolute Gasteiger partial charge is 0.383 e. The zero-order valence-corrected chi connectivity index (χ0v) is 11.3. The molecule has 1 amide bonds. The molecule has 0 unspecified atom stereocenters. The normalized spacial score (nSPS) is 10.4. The van der Waals surface area contributed by atoms with Gasteiger partial charge < -0.3 is 14.4 Å². The summed E-state index contributed by atoms with van der Waals surface area (Å²) in [5, 5.41) is 0. The Hall–Kier alpha value is -1.39. The van der Waals surface area contributed by atoms with Gasteiger partial charge in [-0.3, -0.25) is 4.79 Å². The summed E-state index contributed by atoms with van der Waals surface area (Å²) in [6.45, 7) is 4.19. The highest BCUT2D eigenvalue weighted by Crippen LogP contribution is 2.08. The molecule has 0 heterocycles. The number of aryl methyl sites for hydroxylation is 1. The molecule has 1 rings (SSSR count). The minimum atomic E-state index is 0.0211. The molecule has 0 spiro atoms. The summed E-state index contributed by atoms with van der Waals surface area (Å²) in [6, 6.07) is 7.61. The molecule has 0 N–H and O–H groups in total. The van der Waals surface area contributed by atoms with E-state index in [0.717, 1.165) is 5.56 Å². The van der Waals surface area contributed by atoms with Crippen molar-refractivity contribution in [2.24, 2.45) is 0 Å². The maximum atomic E-state index is 12.3. The molecule has 0 aliphatic carbocycles. The summed E-state index contributed by atoms with van der Waals surface area (Å²) in [5.41, 5.74) is 1.79. The van der Waals surface area contributed by atoms with Crippen molar-refractivity contribution in [1.82, 2.24) is 4.90 Å². The molecule has 0 fully saturated rings. The fourth-order valence-corrected chi connectivity index (χ4v) is 1.68. The maximum absolute atomic E-state index is 12.3. The highest BCUT2D eigenvalue weighted by atomic mass is 16.5. The van der Waals surface area contributed by atoms with Crippen LogP contribution in [-0.2, 0) is 9.47 Å². The molecule has 0 aromatic heterocycles. The monoisotopic (exact) mass is 251 g/mol. The molecule has 0 aliphatic rings. The first-order valence-electron chi connectivity index (χ1n) is 6.03. The third-order valence-corrected chi connectivity index (χ3v) is 2.68. The highest BCUT2D eigenvalue weighted by molar-refractivity contribution is 5.94. The van der Waals surface area contributed by atoms with Crippen LogP contribution in [0.1, 0.15) is 15.9 Å². The van der Waals surface area contributed by atoms with Gasteiger partial charge in [0.05, 0.1) is 13.2 Å². The van der Waals surface area contributed by atoms with Gasteiger partial charge in [-0.05, 0) is 19.1 Å². The van der Waals surface area contributed by atoms with Crippen molar-refractivity contribution in [1.29, 1.82) is 0 Å². The standard InChI is InChI=1S/C14H21NO3/c1-12-5-4-6-13(11-12)14(16)15(7-9-17-2)8-10-18-3/h4-6,11H,7-10H2,1-3H3.